The van der Waals surface area contributed by atoms with Crippen molar-refractivity contribution in [1.29, 1.82) is 0 Å². The quantitative estimate of drug-likeness (QED) is 0.659. The van der Waals surface area contributed by atoms with Gasteiger partial charge >= 0.3 is 0 Å². The van der Waals surface area contributed by atoms with Crippen molar-refractivity contribution in [2.24, 2.45) is 5.92 Å². The fourth-order valence-corrected chi connectivity index (χ4v) is 2.19. The second-order valence-corrected chi connectivity index (χ2v) is 5.27. The first kappa shape index (κ1) is 10.9. The van der Waals surface area contributed by atoms with Crippen LogP contribution in [0.15, 0.2) is 0 Å². The Kier molecular flexibility index (Phi) is 4.68. The van der Waals surface area contributed by atoms with Crippen LogP contribution >= 0.6 is 0 Å². The van der Waals surface area contributed by atoms with Gasteiger partial charge in [0.1, 0.15) is 9.84 Å². The molecule has 4 heteroatoms. The van der Waals surface area contributed by atoms with Gasteiger partial charge in [-0.05, 0) is 25.9 Å². The summed E-state index contributed by atoms with van der Waals surface area (Å²) >= 11 is 0. The molecule has 0 fully saturated rings. The van der Waals surface area contributed by atoms with E-state index in [0.29, 0.717) is 5.75 Å². The predicted molar refractivity (Wildman–Crippen MR) is 47.4 cm³/mol. The Morgan fingerprint density at radius 2 is 2.00 bits per heavy atom. The summed E-state index contributed by atoms with van der Waals surface area (Å²) in [4.78, 5) is 0. The van der Waals surface area contributed by atoms with E-state index in [-0.39, 0.29) is 5.92 Å². The maximum Gasteiger partial charge on any atom is 0.147 e. The first-order valence-corrected chi connectivity index (χ1v) is 5.84. The van der Waals surface area contributed by atoms with Crippen molar-refractivity contribution in [3.05, 3.63) is 0 Å². The molecule has 0 saturated carbocycles. The third kappa shape index (κ3) is 7.81. The van der Waals surface area contributed by atoms with Gasteiger partial charge < -0.3 is 5.32 Å². The van der Waals surface area contributed by atoms with Gasteiger partial charge in [-0.25, -0.2) is 8.42 Å². The Bertz CT molecular complexity index is 187. The van der Waals surface area contributed by atoms with Crippen molar-refractivity contribution >= 4 is 9.84 Å². The Balaban J connectivity index is 3.61. The van der Waals surface area contributed by atoms with Crippen LogP contribution in [0.4, 0.5) is 0 Å². The zero-order chi connectivity index (χ0) is 8.91. The molecule has 0 aliphatic heterocycles. The van der Waals surface area contributed by atoms with Crippen LogP contribution < -0.4 is 5.32 Å². The molecule has 0 radical (unpaired) electrons. The smallest absolute Gasteiger partial charge is 0.147 e. The van der Waals surface area contributed by atoms with Gasteiger partial charge in [0, 0.05) is 6.26 Å². The second kappa shape index (κ2) is 4.72. The van der Waals surface area contributed by atoms with E-state index in [1.165, 1.54) is 6.26 Å². The molecule has 3 nitrogen and oxygen atoms in total. The number of sulfone groups is 1. The molecule has 1 atom stereocenters. The molecule has 0 spiro atoms. The number of rotatable bonds is 5. The molecule has 0 aromatic rings. The average molecular weight is 179 g/mol. The first-order chi connectivity index (χ1) is 4.95. The lowest BCUT2D eigenvalue weighted by Crippen LogP contribution is -2.17. The van der Waals surface area contributed by atoms with Crippen LogP contribution in [-0.4, -0.2) is 34.0 Å². The Morgan fingerprint density at radius 1 is 1.45 bits per heavy atom. The molecule has 0 bridgehead atoms. The highest BCUT2D eigenvalue weighted by Gasteiger charge is 2.08. The first-order valence-electron chi connectivity index (χ1n) is 3.78. The van der Waals surface area contributed by atoms with Gasteiger partial charge in [0.05, 0.1) is 5.75 Å². The van der Waals surface area contributed by atoms with Crippen LogP contribution in [0, 0.1) is 5.92 Å². The highest BCUT2D eigenvalue weighted by Crippen LogP contribution is 2.03. The number of hydrogen-bond donors (Lipinski definition) is 1. The minimum Gasteiger partial charge on any atom is -0.320 e. The fourth-order valence-electron chi connectivity index (χ4n) is 0.991. The Morgan fingerprint density at radius 3 is 2.36 bits per heavy atom. The van der Waals surface area contributed by atoms with E-state index in [1.54, 1.807) is 0 Å². The third-order valence-electron chi connectivity index (χ3n) is 1.47. The second-order valence-electron chi connectivity index (χ2n) is 3.09. The van der Waals surface area contributed by atoms with E-state index in [1.807, 2.05) is 14.0 Å². The summed E-state index contributed by atoms with van der Waals surface area (Å²) in [6.45, 7) is 2.84. The maximum absolute atomic E-state index is 10.8. The lowest BCUT2D eigenvalue weighted by molar-refractivity contribution is 0.542. The normalized spacial score (nSPS) is 14.8. The molecule has 11 heavy (non-hydrogen) atoms. The molecule has 0 amide bonds. The third-order valence-corrected chi connectivity index (χ3v) is 2.65. The number of hydrogen-bond acceptors (Lipinski definition) is 3. The van der Waals surface area contributed by atoms with Crippen LogP contribution in [0.5, 0.6) is 0 Å². The summed E-state index contributed by atoms with van der Waals surface area (Å²) in [7, 11) is -0.913. The van der Waals surface area contributed by atoms with Gasteiger partial charge in [0.25, 0.3) is 0 Å². The summed E-state index contributed by atoms with van der Waals surface area (Å²) in [5.74, 6) is 0.562. The van der Waals surface area contributed by atoms with E-state index in [9.17, 15) is 8.42 Å². The van der Waals surface area contributed by atoms with Gasteiger partial charge in [0.2, 0.25) is 0 Å². The summed E-state index contributed by atoms with van der Waals surface area (Å²) in [6.07, 6.45) is 2.20. The Hall–Kier alpha value is -0.0900. The predicted octanol–water partition coefficient (Wildman–Crippen LogP) is 0.277. The summed E-state index contributed by atoms with van der Waals surface area (Å²) < 4.78 is 21.6. The van der Waals surface area contributed by atoms with Crippen molar-refractivity contribution in [2.75, 3.05) is 25.6 Å². The van der Waals surface area contributed by atoms with E-state index >= 15 is 0 Å². The molecule has 68 valence electrons. The lowest BCUT2D eigenvalue weighted by atomic mass is 10.1. The van der Waals surface area contributed by atoms with Gasteiger partial charge in [-0.2, -0.15) is 0 Å². The minimum absolute atomic E-state index is 0.262. The maximum atomic E-state index is 10.8. The molecular formula is C7H17NO2S. The highest BCUT2D eigenvalue weighted by molar-refractivity contribution is 7.90. The monoisotopic (exact) mass is 179 g/mol. The summed E-state index contributed by atoms with van der Waals surface area (Å²) in [5.41, 5.74) is 0. The topological polar surface area (TPSA) is 46.2 Å². The van der Waals surface area contributed by atoms with E-state index < -0.39 is 9.84 Å². The van der Waals surface area contributed by atoms with Gasteiger partial charge in [-0.1, -0.05) is 6.92 Å². The fraction of sp³-hybridized carbons (Fsp3) is 1.00. The van der Waals surface area contributed by atoms with Gasteiger partial charge in [0.15, 0.2) is 0 Å². The average Bonchev–Trinajstić information content (AvgIpc) is 1.79. The summed E-state index contributed by atoms with van der Waals surface area (Å²) in [6, 6.07) is 0. The molecule has 0 aromatic heterocycles. The van der Waals surface area contributed by atoms with Crippen molar-refractivity contribution in [3.8, 4) is 0 Å². The van der Waals surface area contributed by atoms with Crippen molar-refractivity contribution in [1.82, 2.24) is 5.32 Å². The molecule has 0 aromatic carbocycles. The zero-order valence-electron chi connectivity index (χ0n) is 7.42. The molecule has 0 heterocycles. The molecule has 0 saturated heterocycles. The van der Waals surface area contributed by atoms with Crippen LogP contribution in [-0.2, 0) is 9.84 Å². The van der Waals surface area contributed by atoms with Crippen LogP contribution in [0.25, 0.3) is 0 Å². The Labute approximate surface area is 69.1 Å². The molecule has 1 N–H and O–H groups in total. The molecule has 1 unspecified atom stereocenters. The van der Waals surface area contributed by atoms with Crippen LogP contribution in [0.3, 0.4) is 0 Å². The summed E-state index contributed by atoms with van der Waals surface area (Å²) in [5, 5.41) is 2.99. The number of nitrogens with one attached hydrogen (secondary N) is 1. The molecule has 0 aliphatic rings. The SMILES string of the molecule is CNCCC(C)CS(C)(=O)=O. The molecular weight excluding hydrogens is 162 g/mol. The lowest BCUT2D eigenvalue weighted by Gasteiger charge is -2.08. The van der Waals surface area contributed by atoms with E-state index in [4.69, 9.17) is 0 Å². The van der Waals surface area contributed by atoms with E-state index in [2.05, 4.69) is 5.32 Å². The van der Waals surface area contributed by atoms with E-state index in [0.717, 1.165) is 13.0 Å². The van der Waals surface area contributed by atoms with Crippen molar-refractivity contribution in [3.63, 3.8) is 0 Å². The largest absolute Gasteiger partial charge is 0.320 e. The van der Waals surface area contributed by atoms with Crippen molar-refractivity contribution < 1.29 is 8.42 Å². The zero-order valence-corrected chi connectivity index (χ0v) is 8.24. The van der Waals surface area contributed by atoms with Gasteiger partial charge in [-0.15, -0.1) is 0 Å². The molecule has 0 rings (SSSR count). The minimum atomic E-state index is -2.78. The van der Waals surface area contributed by atoms with Gasteiger partial charge in [-0.3, -0.25) is 0 Å². The van der Waals surface area contributed by atoms with Crippen molar-refractivity contribution in [2.45, 2.75) is 13.3 Å². The van der Waals surface area contributed by atoms with Crippen LogP contribution in [0.1, 0.15) is 13.3 Å². The van der Waals surface area contributed by atoms with Crippen LogP contribution in [0.2, 0.25) is 0 Å². The molecule has 0 aliphatic carbocycles. The standard InChI is InChI=1S/C7H17NO2S/c1-7(4-5-8-2)6-11(3,9)10/h7-8H,4-6H2,1-3H3. The highest BCUT2D eigenvalue weighted by atomic mass is 32.2.